The van der Waals surface area contributed by atoms with Crippen molar-refractivity contribution in [3.05, 3.63) is 82.6 Å². The van der Waals surface area contributed by atoms with Crippen LogP contribution in [0, 0.1) is 5.82 Å². The Morgan fingerprint density at radius 2 is 1.77 bits per heavy atom. The van der Waals surface area contributed by atoms with Crippen molar-refractivity contribution >= 4 is 29.1 Å². The Kier molecular flexibility index (Phi) is 5.76. The molecular formula is C19H16ClFN4O. The van der Waals surface area contributed by atoms with Crippen LogP contribution in [0.25, 0.3) is 0 Å². The number of amides is 1. The number of halogens is 2. The Bertz CT molecular complexity index is 902. The highest BCUT2D eigenvalue weighted by Gasteiger charge is 2.08. The van der Waals surface area contributed by atoms with E-state index in [4.69, 9.17) is 11.6 Å². The van der Waals surface area contributed by atoms with Gasteiger partial charge >= 0.3 is 0 Å². The maximum absolute atomic E-state index is 13.6. The second-order valence-electron chi connectivity index (χ2n) is 5.54. The normalized spacial score (nSPS) is 10.4. The predicted molar refractivity (Wildman–Crippen MR) is 100 cm³/mol. The van der Waals surface area contributed by atoms with Crippen LogP contribution >= 0.6 is 11.6 Å². The van der Waals surface area contributed by atoms with Gasteiger partial charge in [0.2, 0.25) is 0 Å². The molecule has 2 N–H and O–H groups in total. The summed E-state index contributed by atoms with van der Waals surface area (Å²) in [6.45, 7) is 0.518. The summed E-state index contributed by atoms with van der Waals surface area (Å²) in [6, 6.07) is 16.6. The molecule has 0 aliphatic heterocycles. The number of hydrogen-bond donors (Lipinski definition) is 2. The Morgan fingerprint density at radius 3 is 2.50 bits per heavy atom. The number of carbonyl (C=O) groups is 1. The van der Waals surface area contributed by atoms with E-state index in [2.05, 4.69) is 20.8 Å². The fourth-order valence-corrected chi connectivity index (χ4v) is 2.53. The summed E-state index contributed by atoms with van der Waals surface area (Å²) in [6.07, 6.45) is 0.529. The average molecular weight is 371 g/mol. The lowest BCUT2D eigenvalue weighted by molar-refractivity contribution is 0.102. The van der Waals surface area contributed by atoms with Crippen LogP contribution < -0.4 is 10.6 Å². The third kappa shape index (κ3) is 4.77. The fourth-order valence-electron chi connectivity index (χ4n) is 2.34. The van der Waals surface area contributed by atoms with E-state index in [0.717, 1.165) is 0 Å². The predicted octanol–water partition coefficient (Wildman–Crippen LogP) is 4.18. The first-order chi connectivity index (χ1) is 12.6. The highest BCUT2D eigenvalue weighted by atomic mass is 35.5. The van der Waals surface area contributed by atoms with Crippen LogP contribution in [-0.2, 0) is 6.42 Å². The van der Waals surface area contributed by atoms with E-state index in [1.807, 2.05) is 0 Å². The standard InChI is InChI=1S/C19H16ClFN4O/c20-15-6-3-5-14(12-15)19(26)23-18-9-8-17(24-25-18)22-11-10-13-4-1-2-7-16(13)21/h1-9,12H,10-11H2,(H,22,24)(H,23,25,26). The monoisotopic (exact) mass is 370 g/mol. The number of nitrogens with one attached hydrogen (secondary N) is 2. The van der Waals surface area contributed by atoms with Crippen molar-refractivity contribution < 1.29 is 9.18 Å². The minimum atomic E-state index is -0.318. The zero-order chi connectivity index (χ0) is 18.4. The molecule has 0 saturated heterocycles. The molecule has 3 aromatic rings. The quantitative estimate of drug-likeness (QED) is 0.683. The van der Waals surface area contributed by atoms with Gasteiger partial charge in [-0.15, -0.1) is 10.2 Å². The summed E-state index contributed by atoms with van der Waals surface area (Å²) in [7, 11) is 0. The summed E-state index contributed by atoms with van der Waals surface area (Å²) >= 11 is 5.88. The SMILES string of the molecule is O=C(Nc1ccc(NCCc2ccccc2F)nn1)c1cccc(Cl)c1. The molecule has 0 aliphatic carbocycles. The van der Waals surface area contributed by atoms with Crippen LogP contribution in [0.3, 0.4) is 0 Å². The molecule has 26 heavy (non-hydrogen) atoms. The summed E-state index contributed by atoms with van der Waals surface area (Å²) in [5.74, 6) is 0.332. The number of aromatic nitrogens is 2. The molecule has 0 radical (unpaired) electrons. The lowest BCUT2D eigenvalue weighted by Crippen LogP contribution is -2.14. The molecule has 0 unspecified atom stereocenters. The van der Waals surface area contributed by atoms with Gasteiger partial charge in [0.05, 0.1) is 0 Å². The van der Waals surface area contributed by atoms with Crippen LogP contribution in [0.4, 0.5) is 16.0 Å². The first-order valence-electron chi connectivity index (χ1n) is 8.00. The topological polar surface area (TPSA) is 66.9 Å². The summed E-state index contributed by atoms with van der Waals surface area (Å²) in [5.41, 5.74) is 1.07. The smallest absolute Gasteiger partial charge is 0.256 e. The molecule has 7 heteroatoms. The molecule has 5 nitrogen and oxygen atoms in total. The highest BCUT2D eigenvalue weighted by Crippen LogP contribution is 2.13. The third-order valence-corrected chi connectivity index (χ3v) is 3.89. The largest absolute Gasteiger partial charge is 0.368 e. The van der Waals surface area contributed by atoms with Crippen molar-refractivity contribution in [3.63, 3.8) is 0 Å². The zero-order valence-electron chi connectivity index (χ0n) is 13.7. The van der Waals surface area contributed by atoms with Gasteiger partial charge in [0.15, 0.2) is 5.82 Å². The van der Waals surface area contributed by atoms with Crippen LogP contribution in [0.15, 0.2) is 60.7 Å². The van der Waals surface area contributed by atoms with E-state index < -0.39 is 0 Å². The van der Waals surface area contributed by atoms with Crippen molar-refractivity contribution in [1.29, 1.82) is 0 Å². The van der Waals surface area contributed by atoms with Crippen LogP contribution in [0.5, 0.6) is 0 Å². The van der Waals surface area contributed by atoms with E-state index in [1.165, 1.54) is 6.07 Å². The molecule has 1 aromatic heterocycles. The molecule has 2 aromatic carbocycles. The summed E-state index contributed by atoms with van der Waals surface area (Å²) in [4.78, 5) is 12.1. The number of nitrogens with zero attached hydrogens (tertiary/aromatic N) is 2. The molecule has 0 fully saturated rings. The van der Waals surface area contributed by atoms with E-state index in [-0.39, 0.29) is 11.7 Å². The Labute approximate surface area is 155 Å². The van der Waals surface area contributed by atoms with Gasteiger partial charge in [-0.1, -0.05) is 35.9 Å². The second-order valence-corrected chi connectivity index (χ2v) is 5.97. The molecule has 0 aliphatic rings. The molecule has 0 bridgehead atoms. The van der Waals surface area contributed by atoms with Gasteiger partial charge in [0.25, 0.3) is 5.91 Å². The van der Waals surface area contributed by atoms with Crippen LogP contribution in [0.2, 0.25) is 5.02 Å². The second kappa shape index (κ2) is 8.40. The molecule has 3 rings (SSSR count). The number of hydrogen-bond acceptors (Lipinski definition) is 4. The fraction of sp³-hybridized carbons (Fsp3) is 0.105. The minimum absolute atomic E-state index is 0.223. The third-order valence-electron chi connectivity index (χ3n) is 3.65. The van der Waals surface area contributed by atoms with Gasteiger partial charge in [-0.25, -0.2) is 4.39 Å². The van der Waals surface area contributed by atoms with Crippen molar-refractivity contribution in [2.75, 3.05) is 17.2 Å². The summed E-state index contributed by atoms with van der Waals surface area (Å²) < 4.78 is 13.6. The van der Waals surface area contributed by atoms with Gasteiger partial charge in [-0.2, -0.15) is 0 Å². The average Bonchev–Trinajstić information content (AvgIpc) is 2.65. The van der Waals surface area contributed by atoms with Crippen LogP contribution in [0.1, 0.15) is 15.9 Å². The van der Waals surface area contributed by atoms with Crippen molar-refractivity contribution in [2.24, 2.45) is 0 Å². The van der Waals surface area contributed by atoms with Crippen molar-refractivity contribution in [1.82, 2.24) is 10.2 Å². The van der Waals surface area contributed by atoms with Gasteiger partial charge in [0, 0.05) is 17.1 Å². The molecular weight excluding hydrogens is 355 g/mol. The summed E-state index contributed by atoms with van der Waals surface area (Å²) in [5, 5.41) is 14.2. The van der Waals surface area contributed by atoms with E-state index in [1.54, 1.807) is 54.6 Å². The van der Waals surface area contributed by atoms with Crippen LogP contribution in [-0.4, -0.2) is 22.6 Å². The van der Waals surface area contributed by atoms with Crippen molar-refractivity contribution in [3.8, 4) is 0 Å². The van der Waals surface area contributed by atoms with Gasteiger partial charge in [-0.05, 0) is 48.4 Å². The number of rotatable bonds is 6. The molecule has 0 spiro atoms. The van der Waals surface area contributed by atoms with E-state index >= 15 is 0 Å². The van der Waals surface area contributed by atoms with E-state index in [9.17, 15) is 9.18 Å². The van der Waals surface area contributed by atoms with E-state index in [0.29, 0.717) is 40.8 Å². The zero-order valence-corrected chi connectivity index (χ0v) is 14.5. The molecule has 132 valence electrons. The number of anilines is 2. The van der Waals surface area contributed by atoms with Gasteiger partial charge < -0.3 is 10.6 Å². The highest BCUT2D eigenvalue weighted by molar-refractivity contribution is 6.31. The molecule has 0 atom stereocenters. The van der Waals surface area contributed by atoms with Gasteiger partial charge in [-0.3, -0.25) is 4.79 Å². The van der Waals surface area contributed by atoms with Gasteiger partial charge in [0.1, 0.15) is 11.6 Å². The first kappa shape index (κ1) is 17.8. The Balaban J connectivity index is 1.53. The lowest BCUT2D eigenvalue weighted by Gasteiger charge is -2.07. The number of carbonyl (C=O) groups excluding carboxylic acids is 1. The number of benzene rings is 2. The van der Waals surface area contributed by atoms with Crippen molar-refractivity contribution in [2.45, 2.75) is 6.42 Å². The Hall–Kier alpha value is -2.99. The first-order valence-corrected chi connectivity index (χ1v) is 8.37. The minimum Gasteiger partial charge on any atom is -0.368 e. The maximum Gasteiger partial charge on any atom is 0.256 e. The molecule has 1 heterocycles. The maximum atomic E-state index is 13.6. The molecule has 0 saturated carbocycles. The molecule has 1 amide bonds. The Morgan fingerprint density at radius 1 is 1.00 bits per heavy atom. The lowest BCUT2D eigenvalue weighted by atomic mass is 10.1.